The summed E-state index contributed by atoms with van der Waals surface area (Å²) >= 11 is 1.82. The van der Waals surface area contributed by atoms with Gasteiger partial charge < -0.3 is 20.1 Å². The molecule has 1 aromatic rings. The van der Waals surface area contributed by atoms with E-state index in [2.05, 4.69) is 5.32 Å². The van der Waals surface area contributed by atoms with Gasteiger partial charge in [0.1, 0.15) is 5.75 Å². The Morgan fingerprint density at radius 3 is 3.10 bits per heavy atom. The third-order valence-corrected chi connectivity index (χ3v) is 4.39. The minimum Gasteiger partial charge on any atom is -0.495 e. The smallest absolute Gasteiger partial charge is 0.322 e. The van der Waals surface area contributed by atoms with Crippen molar-refractivity contribution >= 4 is 23.5 Å². The highest BCUT2D eigenvalue weighted by atomic mass is 32.2. The average molecular weight is 296 g/mol. The summed E-state index contributed by atoms with van der Waals surface area (Å²) in [5.41, 5.74) is 0.668. The molecule has 2 rings (SSSR count). The van der Waals surface area contributed by atoms with Crippen LogP contribution in [-0.2, 0) is 0 Å². The number of aliphatic hydroxyl groups is 1. The Kier molecular flexibility index (Phi) is 5.55. The first-order chi connectivity index (χ1) is 9.76. The molecule has 5 nitrogen and oxygen atoms in total. The van der Waals surface area contributed by atoms with Gasteiger partial charge in [-0.2, -0.15) is 11.8 Å². The summed E-state index contributed by atoms with van der Waals surface area (Å²) in [4.78, 5) is 14.2. The number of aliphatic hydroxyl groups excluding tert-OH is 1. The Hall–Kier alpha value is -1.40. The Balaban J connectivity index is 2.06. The number of urea groups is 1. The molecular weight excluding hydrogens is 276 g/mol. The minimum atomic E-state index is -0.131. The number of amides is 2. The summed E-state index contributed by atoms with van der Waals surface area (Å²) in [6.45, 7) is 0.806. The standard InChI is InChI=1S/C14H20N2O3S/c1-19-13-5-3-2-4-12(13)15-14(18)16-7-9-20-10-11(16)6-8-17/h2-5,11,17H,6-10H2,1H3,(H,15,18)/t11-/m1/s1. The molecule has 0 unspecified atom stereocenters. The van der Waals surface area contributed by atoms with E-state index in [9.17, 15) is 4.79 Å². The molecular formula is C14H20N2O3S. The van der Waals surface area contributed by atoms with Crippen LogP contribution in [0.1, 0.15) is 6.42 Å². The number of hydrogen-bond donors (Lipinski definition) is 2. The van der Waals surface area contributed by atoms with Crippen LogP contribution in [0, 0.1) is 0 Å². The van der Waals surface area contributed by atoms with E-state index in [4.69, 9.17) is 9.84 Å². The van der Waals surface area contributed by atoms with Crippen molar-refractivity contribution in [3.63, 3.8) is 0 Å². The van der Waals surface area contributed by atoms with Crippen LogP contribution in [0.5, 0.6) is 5.75 Å². The van der Waals surface area contributed by atoms with Crippen LogP contribution < -0.4 is 10.1 Å². The zero-order valence-corrected chi connectivity index (χ0v) is 12.4. The summed E-state index contributed by atoms with van der Waals surface area (Å²) in [6, 6.07) is 7.31. The molecule has 20 heavy (non-hydrogen) atoms. The summed E-state index contributed by atoms with van der Waals surface area (Å²) in [5.74, 6) is 2.45. The highest BCUT2D eigenvalue weighted by Crippen LogP contribution is 2.25. The lowest BCUT2D eigenvalue weighted by atomic mass is 10.2. The third-order valence-electron chi connectivity index (χ3n) is 3.30. The number of nitrogens with one attached hydrogen (secondary N) is 1. The van der Waals surface area contributed by atoms with Gasteiger partial charge in [0.15, 0.2) is 0 Å². The molecule has 0 aromatic heterocycles. The molecule has 0 radical (unpaired) electrons. The number of hydrogen-bond acceptors (Lipinski definition) is 4. The van der Waals surface area contributed by atoms with E-state index in [1.54, 1.807) is 12.0 Å². The monoisotopic (exact) mass is 296 g/mol. The summed E-state index contributed by atoms with van der Waals surface area (Å²) in [5, 5.41) is 12.0. The van der Waals surface area contributed by atoms with Crippen molar-refractivity contribution in [3.8, 4) is 5.75 Å². The van der Waals surface area contributed by atoms with Gasteiger partial charge in [0.25, 0.3) is 0 Å². The van der Waals surface area contributed by atoms with Gasteiger partial charge in [0, 0.05) is 30.7 Å². The molecule has 2 amide bonds. The maximum atomic E-state index is 12.4. The van der Waals surface area contributed by atoms with Crippen molar-refractivity contribution in [1.82, 2.24) is 4.90 Å². The number of para-hydroxylation sites is 2. The van der Waals surface area contributed by atoms with Gasteiger partial charge in [-0.05, 0) is 18.6 Å². The van der Waals surface area contributed by atoms with Crippen molar-refractivity contribution in [2.45, 2.75) is 12.5 Å². The van der Waals surface area contributed by atoms with Crippen molar-refractivity contribution < 1.29 is 14.6 Å². The van der Waals surface area contributed by atoms with E-state index >= 15 is 0 Å². The number of carbonyl (C=O) groups excluding carboxylic acids is 1. The molecule has 0 spiro atoms. The number of benzene rings is 1. The third kappa shape index (κ3) is 3.58. The molecule has 1 aromatic carbocycles. The molecule has 110 valence electrons. The van der Waals surface area contributed by atoms with Crippen LogP contribution >= 0.6 is 11.8 Å². The predicted octanol–water partition coefficient (Wildman–Crippen LogP) is 2.03. The van der Waals surface area contributed by atoms with Crippen LogP contribution in [0.15, 0.2) is 24.3 Å². The van der Waals surface area contributed by atoms with Crippen molar-refractivity contribution in [1.29, 1.82) is 0 Å². The number of rotatable bonds is 4. The van der Waals surface area contributed by atoms with E-state index in [0.717, 1.165) is 11.5 Å². The van der Waals surface area contributed by atoms with Crippen LogP contribution in [-0.4, -0.2) is 53.8 Å². The van der Waals surface area contributed by atoms with Gasteiger partial charge in [-0.15, -0.1) is 0 Å². The zero-order chi connectivity index (χ0) is 14.4. The molecule has 6 heteroatoms. The lowest BCUT2D eigenvalue weighted by Crippen LogP contribution is -2.48. The first-order valence-corrected chi connectivity index (χ1v) is 7.81. The molecule has 2 N–H and O–H groups in total. The average Bonchev–Trinajstić information content (AvgIpc) is 2.48. The largest absolute Gasteiger partial charge is 0.495 e. The van der Waals surface area contributed by atoms with Crippen molar-refractivity contribution in [2.24, 2.45) is 0 Å². The summed E-state index contributed by atoms with van der Waals surface area (Å²) < 4.78 is 5.23. The molecule has 1 atom stereocenters. The van der Waals surface area contributed by atoms with E-state index in [0.29, 0.717) is 24.4 Å². The predicted molar refractivity (Wildman–Crippen MR) is 81.5 cm³/mol. The second kappa shape index (κ2) is 7.40. The normalized spacial score (nSPS) is 18.7. The lowest BCUT2D eigenvalue weighted by Gasteiger charge is -2.35. The van der Waals surface area contributed by atoms with E-state index in [1.807, 2.05) is 36.0 Å². The molecule has 0 bridgehead atoms. The Bertz CT molecular complexity index is 454. The first kappa shape index (κ1) is 15.0. The summed E-state index contributed by atoms with van der Waals surface area (Å²) in [7, 11) is 1.58. The fourth-order valence-electron chi connectivity index (χ4n) is 2.25. The second-order valence-corrected chi connectivity index (χ2v) is 5.71. The molecule has 1 heterocycles. The molecule has 1 aliphatic heterocycles. The summed E-state index contributed by atoms with van der Waals surface area (Å²) in [6.07, 6.45) is 0.617. The van der Waals surface area contributed by atoms with Crippen molar-refractivity contribution in [3.05, 3.63) is 24.3 Å². The van der Waals surface area contributed by atoms with Gasteiger partial charge >= 0.3 is 6.03 Å². The molecule has 1 fully saturated rings. The van der Waals surface area contributed by atoms with E-state index < -0.39 is 0 Å². The van der Waals surface area contributed by atoms with Crippen molar-refractivity contribution in [2.75, 3.05) is 37.1 Å². The lowest BCUT2D eigenvalue weighted by molar-refractivity contribution is 0.177. The second-order valence-electron chi connectivity index (χ2n) is 4.56. The van der Waals surface area contributed by atoms with Gasteiger partial charge in [-0.1, -0.05) is 12.1 Å². The number of thioether (sulfide) groups is 1. The number of anilines is 1. The number of ether oxygens (including phenoxy) is 1. The number of carbonyl (C=O) groups is 1. The van der Waals surface area contributed by atoms with Gasteiger partial charge in [-0.3, -0.25) is 0 Å². The number of methoxy groups -OCH3 is 1. The van der Waals surface area contributed by atoms with E-state index in [1.165, 1.54) is 0 Å². The minimum absolute atomic E-state index is 0.0912. The van der Waals surface area contributed by atoms with Crippen LogP contribution in [0.3, 0.4) is 0 Å². The molecule has 1 aliphatic rings. The maximum absolute atomic E-state index is 12.4. The van der Waals surface area contributed by atoms with Gasteiger partial charge in [-0.25, -0.2) is 4.79 Å². The number of nitrogens with zero attached hydrogens (tertiary/aromatic N) is 1. The fourth-order valence-corrected chi connectivity index (χ4v) is 3.36. The van der Waals surface area contributed by atoms with Gasteiger partial charge in [0.05, 0.1) is 12.8 Å². The van der Waals surface area contributed by atoms with Crippen LogP contribution in [0.2, 0.25) is 0 Å². The molecule has 0 aliphatic carbocycles. The molecule has 0 saturated carbocycles. The maximum Gasteiger partial charge on any atom is 0.322 e. The highest BCUT2D eigenvalue weighted by Gasteiger charge is 2.27. The SMILES string of the molecule is COc1ccccc1NC(=O)N1CCSC[C@H]1CCO. The fraction of sp³-hybridized carbons (Fsp3) is 0.500. The topological polar surface area (TPSA) is 61.8 Å². The van der Waals surface area contributed by atoms with E-state index in [-0.39, 0.29) is 18.7 Å². The quantitative estimate of drug-likeness (QED) is 0.892. The Labute approximate surface area is 123 Å². The zero-order valence-electron chi connectivity index (χ0n) is 11.5. The van der Waals surface area contributed by atoms with Crippen LogP contribution in [0.4, 0.5) is 10.5 Å². The Morgan fingerprint density at radius 1 is 1.55 bits per heavy atom. The first-order valence-electron chi connectivity index (χ1n) is 6.65. The molecule has 1 saturated heterocycles. The highest BCUT2D eigenvalue weighted by molar-refractivity contribution is 7.99. The Morgan fingerprint density at radius 2 is 2.35 bits per heavy atom. The van der Waals surface area contributed by atoms with Gasteiger partial charge in [0.2, 0.25) is 0 Å². The van der Waals surface area contributed by atoms with Crippen LogP contribution in [0.25, 0.3) is 0 Å².